The topological polar surface area (TPSA) is 46.6 Å². The predicted molar refractivity (Wildman–Crippen MR) is 30.2 cm³/mol. The summed E-state index contributed by atoms with van der Waals surface area (Å²) in [6.07, 6.45) is 0.338. The minimum absolute atomic E-state index is 0.216. The number of carbonyl (C=O) groups excluding carboxylic acids is 2. The molecule has 4 nitrogen and oxygen atoms in total. The van der Waals surface area contributed by atoms with Gasteiger partial charge in [-0.15, -0.1) is 0 Å². The van der Waals surface area contributed by atoms with E-state index in [1.54, 1.807) is 6.92 Å². The van der Waals surface area contributed by atoms with Gasteiger partial charge in [0.05, 0.1) is 0 Å². The lowest BCUT2D eigenvalue weighted by Gasteiger charge is -2.10. The Balaban J connectivity index is 3.58. The fourth-order valence-electron chi connectivity index (χ4n) is 0.346. The first kappa shape index (κ1) is 7.94. The molecule has 0 rings (SSSR count). The van der Waals surface area contributed by atoms with Crippen molar-refractivity contribution in [3.8, 4) is 0 Å². The van der Waals surface area contributed by atoms with Crippen molar-refractivity contribution in [2.75, 3.05) is 7.05 Å². The van der Waals surface area contributed by atoms with Crippen molar-refractivity contribution in [2.24, 2.45) is 0 Å². The van der Waals surface area contributed by atoms with Gasteiger partial charge in [-0.25, -0.2) is 0 Å². The van der Waals surface area contributed by atoms with E-state index < -0.39 is 0 Å². The summed E-state index contributed by atoms with van der Waals surface area (Å²) >= 11 is 0. The van der Waals surface area contributed by atoms with Crippen molar-refractivity contribution < 1.29 is 14.4 Å². The molecule has 0 saturated carbocycles. The molecule has 0 aliphatic rings. The van der Waals surface area contributed by atoms with Gasteiger partial charge in [-0.3, -0.25) is 9.59 Å². The molecule has 0 aliphatic heterocycles. The van der Waals surface area contributed by atoms with Gasteiger partial charge < -0.3 is 4.84 Å². The molecule has 0 heterocycles. The van der Waals surface area contributed by atoms with E-state index in [2.05, 4.69) is 4.84 Å². The second kappa shape index (κ2) is 3.88. The van der Waals surface area contributed by atoms with Crippen molar-refractivity contribution in [1.82, 2.24) is 5.06 Å². The normalized spacial score (nSPS) is 8.22. The van der Waals surface area contributed by atoms with Gasteiger partial charge in [-0.2, -0.15) is 5.06 Å². The van der Waals surface area contributed by atoms with E-state index in [1.807, 2.05) is 0 Å². The maximum Gasteiger partial charge on any atom is 0.320 e. The number of nitrogens with zero attached hydrogens (tertiary/aromatic N) is 1. The first-order valence-electron chi connectivity index (χ1n) is 2.59. The fraction of sp³-hybridized carbons (Fsp3) is 0.600. The lowest BCUT2D eigenvalue weighted by atomic mass is 10.5. The Morgan fingerprint density at radius 2 is 2.33 bits per heavy atom. The van der Waals surface area contributed by atoms with E-state index >= 15 is 0 Å². The smallest absolute Gasteiger partial charge is 0.320 e. The van der Waals surface area contributed by atoms with Gasteiger partial charge in [0, 0.05) is 13.5 Å². The minimum Gasteiger partial charge on any atom is -0.342 e. The molecular formula is C5H9NO3. The Hall–Kier alpha value is -1.06. The molecule has 0 fully saturated rings. The molecule has 0 unspecified atom stereocenters. The van der Waals surface area contributed by atoms with Gasteiger partial charge in [-0.05, 0) is 0 Å². The summed E-state index contributed by atoms with van der Waals surface area (Å²) < 4.78 is 0. The summed E-state index contributed by atoms with van der Waals surface area (Å²) in [5.74, 6) is -0.220. The molecule has 0 spiro atoms. The molecule has 0 atom stereocenters. The third-order valence-electron chi connectivity index (χ3n) is 0.855. The monoisotopic (exact) mass is 131 g/mol. The molecule has 0 aromatic heterocycles. The molecule has 4 heteroatoms. The summed E-state index contributed by atoms with van der Waals surface area (Å²) in [5.41, 5.74) is 0. The van der Waals surface area contributed by atoms with Crippen LogP contribution < -0.4 is 0 Å². The number of hydrogen-bond acceptors (Lipinski definition) is 3. The number of hydroxylamine groups is 2. The van der Waals surface area contributed by atoms with Crippen LogP contribution in [0, 0.1) is 0 Å². The van der Waals surface area contributed by atoms with E-state index in [4.69, 9.17) is 0 Å². The highest BCUT2D eigenvalue weighted by Crippen LogP contribution is 1.87. The Kier molecular flexibility index (Phi) is 3.43. The van der Waals surface area contributed by atoms with Crippen LogP contribution in [-0.2, 0) is 14.4 Å². The quantitative estimate of drug-likeness (QED) is 0.398. The molecule has 0 aromatic rings. The second-order valence-electron chi connectivity index (χ2n) is 1.45. The average Bonchev–Trinajstić information content (AvgIpc) is 1.87. The molecule has 52 valence electrons. The number of amides is 1. The summed E-state index contributed by atoms with van der Waals surface area (Å²) in [7, 11) is 1.39. The largest absolute Gasteiger partial charge is 0.342 e. The fourth-order valence-corrected chi connectivity index (χ4v) is 0.346. The number of carbonyl (C=O) groups is 2. The van der Waals surface area contributed by atoms with Crippen LogP contribution in [-0.4, -0.2) is 24.5 Å². The first-order valence-corrected chi connectivity index (χ1v) is 2.59. The van der Waals surface area contributed by atoms with Crippen molar-refractivity contribution in [2.45, 2.75) is 13.3 Å². The van der Waals surface area contributed by atoms with Gasteiger partial charge >= 0.3 is 6.47 Å². The highest BCUT2D eigenvalue weighted by Gasteiger charge is 2.03. The summed E-state index contributed by atoms with van der Waals surface area (Å²) in [6, 6.07) is 0. The summed E-state index contributed by atoms with van der Waals surface area (Å²) in [4.78, 5) is 24.4. The van der Waals surface area contributed by atoms with Crippen LogP contribution in [0.1, 0.15) is 13.3 Å². The molecule has 0 saturated heterocycles. The Morgan fingerprint density at radius 1 is 1.78 bits per heavy atom. The molecule has 1 amide bonds. The Labute approximate surface area is 53.3 Å². The summed E-state index contributed by atoms with van der Waals surface area (Å²) in [5, 5.41) is 0.896. The van der Waals surface area contributed by atoms with Gasteiger partial charge in [0.25, 0.3) is 5.91 Å². The highest BCUT2D eigenvalue weighted by molar-refractivity contribution is 5.74. The van der Waals surface area contributed by atoms with Crippen LogP contribution in [0.5, 0.6) is 0 Å². The third kappa shape index (κ3) is 2.69. The third-order valence-corrected chi connectivity index (χ3v) is 0.855. The Bertz CT molecular complexity index is 113. The molecule has 9 heavy (non-hydrogen) atoms. The van der Waals surface area contributed by atoms with E-state index in [0.717, 1.165) is 5.06 Å². The zero-order valence-corrected chi connectivity index (χ0v) is 5.46. The first-order chi connectivity index (χ1) is 4.22. The molecule has 0 aromatic carbocycles. The van der Waals surface area contributed by atoms with Crippen molar-refractivity contribution in [3.63, 3.8) is 0 Å². The lowest BCUT2D eigenvalue weighted by Crippen LogP contribution is -2.25. The molecule has 0 N–H and O–H groups in total. The van der Waals surface area contributed by atoms with Crippen molar-refractivity contribution in [1.29, 1.82) is 0 Å². The number of rotatable bonds is 3. The van der Waals surface area contributed by atoms with Gasteiger partial charge in [-0.1, -0.05) is 6.92 Å². The van der Waals surface area contributed by atoms with E-state index in [1.165, 1.54) is 7.05 Å². The van der Waals surface area contributed by atoms with E-state index in [0.29, 0.717) is 6.42 Å². The SMILES string of the molecule is CCC(=O)N(C)OC=O. The zero-order valence-electron chi connectivity index (χ0n) is 5.46. The van der Waals surface area contributed by atoms with Crippen LogP contribution in [0.4, 0.5) is 0 Å². The van der Waals surface area contributed by atoms with Crippen molar-refractivity contribution >= 4 is 12.4 Å². The van der Waals surface area contributed by atoms with Gasteiger partial charge in [0.1, 0.15) is 0 Å². The standard InChI is InChI=1S/C5H9NO3/c1-3-5(8)6(2)9-4-7/h4H,3H2,1-2H3. The second-order valence-corrected chi connectivity index (χ2v) is 1.45. The molecule has 0 bridgehead atoms. The van der Waals surface area contributed by atoms with Crippen LogP contribution in [0.3, 0.4) is 0 Å². The lowest BCUT2D eigenvalue weighted by molar-refractivity contribution is -0.181. The zero-order chi connectivity index (χ0) is 7.28. The molecular weight excluding hydrogens is 122 g/mol. The molecule has 0 radical (unpaired) electrons. The van der Waals surface area contributed by atoms with Crippen LogP contribution in [0.25, 0.3) is 0 Å². The summed E-state index contributed by atoms with van der Waals surface area (Å²) in [6.45, 7) is 1.90. The predicted octanol–water partition coefficient (Wildman–Crippen LogP) is -0.0572. The molecule has 0 aliphatic carbocycles. The highest BCUT2D eigenvalue weighted by atomic mass is 16.7. The minimum atomic E-state index is -0.220. The van der Waals surface area contributed by atoms with Gasteiger partial charge in [0.2, 0.25) is 0 Å². The number of hydrogen-bond donors (Lipinski definition) is 0. The van der Waals surface area contributed by atoms with E-state index in [9.17, 15) is 9.59 Å². The maximum absolute atomic E-state index is 10.5. The maximum atomic E-state index is 10.5. The Morgan fingerprint density at radius 3 is 2.67 bits per heavy atom. The van der Waals surface area contributed by atoms with Gasteiger partial charge in [0.15, 0.2) is 0 Å². The van der Waals surface area contributed by atoms with Crippen molar-refractivity contribution in [3.05, 3.63) is 0 Å². The average molecular weight is 131 g/mol. The van der Waals surface area contributed by atoms with Crippen LogP contribution in [0.15, 0.2) is 0 Å². The van der Waals surface area contributed by atoms with E-state index in [-0.39, 0.29) is 12.4 Å². The van der Waals surface area contributed by atoms with Crippen LogP contribution in [0.2, 0.25) is 0 Å². The van der Waals surface area contributed by atoms with Crippen LogP contribution >= 0.6 is 0 Å².